The van der Waals surface area contributed by atoms with Crippen LogP contribution in [0.1, 0.15) is 24.8 Å². The van der Waals surface area contributed by atoms with Gasteiger partial charge in [0.05, 0.1) is 17.5 Å². The Balaban J connectivity index is 1.81. The summed E-state index contributed by atoms with van der Waals surface area (Å²) in [5.74, 6) is -1.25. The van der Waals surface area contributed by atoms with Gasteiger partial charge in [-0.05, 0) is 12.5 Å². The Morgan fingerprint density at radius 2 is 2.11 bits per heavy atom. The highest BCUT2D eigenvalue weighted by Crippen LogP contribution is 2.23. The van der Waals surface area contributed by atoms with E-state index >= 15 is 0 Å². The molecule has 0 unspecified atom stereocenters. The largest absolute Gasteiger partial charge is 0.329 e. The Morgan fingerprint density at radius 1 is 1.36 bits per heavy atom. The van der Waals surface area contributed by atoms with E-state index in [0.717, 1.165) is 5.01 Å². The van der Waals surface area contributed by atoms with Gasteiger partial charge in [0.15, 0.2) is 9.84 Å². The zero-order valence-electron chi connectivity index (χ0n) is 15.4. The van der Waals surface area contributed by atoms with Gasteiger partial charge in [-0.1, -0.05) is 24.3 Å². The molecule has 0 spiro atoms. The first-order chi connectivity index (χ1) is 13.3. The van der Waals surface area contributed by atoms with E-state index < -0.39 is 27.6 Å². The molecule has 0 N–H and O–H groups in total. The molecule has 2 aliphatic heterocycles. The third-order valence-electron chi connectivity index (χ3n) is 4.82. The van der Waals surface area contributed by atoms with E-state index in [-0.39, 0.29) is 49.1 Å². The quantitative estimate of drug-likeness (QED) is 0.669. The number of carbonyl (C=O) groups excluding carboxylic acids is 2. The normalized spacial score (nSPS) is 21.3. The van der Waals surface area contributed by atoms with Gasteiger partial charge in [0, 0.05) is 31.5 Å². The fourth-order valence-corrected chi connectivity index (χ4v) is 5.06. The molecule has 1 atom stereocenters. The van der Waals surface area contributed by atoms with Crippen LogP contribution in [0.25, 0.3) is 0 Å². The van der Waals surface area contributed by atoms with Crippen LogP contribution in [-0.2, 0) is 26.0 Å². The molecule has 0 aliphatic carbocycles. The monoisotopic (exact) mass is 407 g/mol. The van der Waals surface area contributed by atoms with E-state index in [4.69, 9.17) is 0 Å². The lowest BCUT2D eigenvalue weighted by Crippen LogP contribution is -2.45. The van der Waals surface area contributed by atoms with Crippen molar-refractivity contribution >= 4 is 27.4 Å². The lowest BCUT2D eigenvalue weighted by atomic mass is 10.1. The summed E-state index contributed by atoms with van der Waals surface area (Å²) in [7, 11) is -3.19. The SMILES string of the molecule is C=CCN(Cc1ccccc1F)C(=O)C1=NN([C@@H]2CCS(=O)(=O)C2)C(=O)CC1. The summed E-state index contributed by atoms with van der Waals surface area (Å²) >= 11 is 0. The third-order valence-corrected chi connectivity index (χ3v) is 6.57. The molecule has 0 bridgehead atoms. The topological polar surface area (TPSA) is 87.1 Å². The van der Waals surface area contributed by atoms with Crippen molar-refractivity contribution in [3.05, 3.63) is 48.3 Å². The van der Waals surface area contributed by atoms with Crippen LogP contribution in [0.3, 0.4) is 0 Å². The predicted octanol–water partition coefficient (Wildman–Crippen LogP) is 1.51. The highest BCUT2D eigenvalue weighted by molar-refractivity contribution is 7.91. The molecule has 2 heterocycles. The van der Waals surface area contributed by atoms with Crippen molar-refractivity contribution in [3.63, 3.8) is 0 Å². The molecule has 9 heteroatoms. The van der Waals surface area contributed by atoms with Gasteiger partial charge in [0.2, 0.25) is 5.91 Å². The number of rotatable bonds is 6. The number of amides is 2. The minimum Gasteiger partial charge on any atom is -0.329 e. The van der Waals surface area contributed by atoms with Gasteiger partial charge in [-0.15, -0.1) is 6.58 Å². The van der Waals surface area contributed by atoms with Crippen molar-refractivity contribution in [2.75, 3.05) is 18.1 Å². The van der Waals surface area contributed by atoms with Crippen LogP contribution in [0.5, 0.6) is 0 Å². The number of hydrazone groups is 1. The third kappa shape index (κ3) is 4.46. The number of benzene rings is 1. The van der Waals surface area contributed by atoms with Crippen molar-refractivity contribution in [3.8, 4) is 0 Å². The molecule has 2 amide bonds. The van der Waals surface area contributed by atoms with E-state index in [2.05, 4.69) is 11.7 Å². The Bertz CT molecular complexity index is 929. The average Bonchev–Trinajstić information content (AvgIpc) is 3.02. The number of hydrogen-bond acceptors (Lipinski definition) is 5. The van der Waals surface area contributed by atoms with E-state index in [1.807, 2.05) is 0 Å². The van der Waals surface area contributed by atoms with Crippen LogP contribution >= 0.6 is 0 Å². The van der Waals surface area contributed by atoms with Crippen LogP contribution in [-0.4, -0.2) is 59.9 Å². The molecule has 0 aromatic heterocycles. The number of nitrogens with zero attached hydrogens (tertiary/aromatic N) is 3. The predicted molar refractivity (Wildman–Crippen MR) is 103 cm³/mol. The van der Waals surface area contributed by atoms with Crippen molar-refractivity contribution in [1.29, 1.82) is 0 Å². The minimum atomic E-state index is -3.19. The molecule has 1 aromatic rings. The van der Waals surface area contributed by atoms with Crippen LogP contribution in [0, 0.1) is 5.82 Å². The second kappa shape index (κ2) is 8.22. The van der Waals surface area contributed by atoms with Crippen molar-refractivity contribution in [1.82, 2.24) is 9.91 Å². The fourth-order valence-electron chi connectivity index (χ4n) is 3.37. The maximum Gasteiger partial charge on any atom is 0.270 e. The Hall–Kier alpha value is -2.55. The molecule has 2 aliphatic rings. The van der Waals surface area contributed by atoms with Crippen molar-refractivity contribution < 1.29 is 22.4 Å². The standard InChI is InChI=1S/C19H22FN3O4S/c1-2-10-22(12-14-5-3-4-6-16(14)20)19(25)17-7-8-18(24)23(21-17)15-9-11-28(26,27)13-15/h2-6,15H,1,7-13H2/t15-/m1/s1. The van der Waals surface area contributed by atoms with Gasteiger partial charge >= 0.3 is 0 Å². The Morgan fingerprint density at radius 3 is 2.75 bits per heavy atom. The molecule has 28 heavy (non-hydrogen) atoms. The maximum absolute atomic E-state index is 14.0. The zero-order chi connectivity index (χ0) is 20.3. The van der Waals surface area contributed by atoms with Crippen LogP contribution in [0.2, 0.25) is 0 Å². The van der Waals surface area contributed by atoms with Crippen molar-refractivity contribution in [2.45, 2.75) is 31.8 Å². The van der Waals surface area contributed by atoms with E-state index in [9.17, 15) is 22.4 Å². The van der Waals surface area contributed by atoms with Gasteiger partial charge in [-0.25, -0.2) is 17.8 Å². The van der Waals surface area contributed by atoms with Gasteiger partial charge < -0.3 is 4.90 Å². The van der Waals surface area contributed by atoms with Gasteiger partial charge in [-0.3, -0.25) is 9.59 Å². The molecule has 150 valence electrons. The maximum atomic E-state index is 14.0. The van der Waals surface area contributed by atoms with E-state index in [1.165, 1.54) is 17.0 Å². The first-order valence-electron chi connectivity index (χ1n) is 9.04. The Labute approximate surface area is 163 Å². The average molecular weight is 407 g/mol. The number of carbonyl (C=O) groups is 2. The Kier molecular flexibility index (Phi) is 5.93. The molecule has 1 fully saturated rings. The minimum absolute atomic E-state index is 0.0100. The van der Waals surface area contributed by atoms with Crippen molar-refractivity contribution in [2.24, 2.45) is 5.10 Å². The first-order valence-corrected chi connectivity index (χ1v) is 10.9. The summed E-state index contributed by atoms with van der Waals surface area (Å²) in [4.78, 5) is 26.6. The lowest BCUT2D eigenvalue weighted by Gasteiger charge is -2.29. The first kappa shape index (κ1) is 20.2. The summed E-state index contributed by atoms with van der Waals surface area (Å²) in [6.45, 7) is 3.88. The molecule has 1 aromatic carbocycles. The second-order valence-corrected chi connectivity index (χ2v) is 9.14. The van der Waals surface area contributed by atoms with Gasteiger partial charge in [0.25, 0.3) is 5.91 Å². The van der Waals surface area contributed by atoms with Crippen LogP contribution < -0.4 is 0 Å². The van der Waals surface area contributed by atoms with E-state index in [1.54, 1.807) is 18.2 Å². The summed E-state index contributed by atoms with van der Waals surface area (Å²) < 4.78 is 37.4. The molecule has 7 nitrogen and oxygen atoms in total. The zero-order valence-corrected chi connectivity index (χ0v) is 16.2. The summed E-state index contributed by atoms with van der Waals surface area (Å²) in [6, 6.07) is 5.64. The molecular weight excluding hydrogens is 385 g/mol. The molecule has 0 saturated carbocycles. The number of hydrogen-bond donors (Lipinski definition) is 0. The summed E-state index contributed by atoms with van der Waals surface area (Å²) in [6.07, 6.45) is 2.10. The molecule has 3 rings (SSSR count). The summed E-state index contributed by atoms with van der Waals surface area (Å²) in [5, 5.41) is 5.34. The lowest BCUT2D eigenvalue weighted by molar-refractivity contribution is -0.134. The van der Waals surface area contributed by atoms with Crippen LogP contribution in [0.15, 0.2) is 42.0 Å². The van der Waals surface area contributed by atoms with Crippen LogP contribution in [0.4, 0.5) is 4.39 Å². The fraction of sp³-hybridized carbons (Fsp3) is 0.421. The van der Waals surface area contributed by atoms with E-state index in [0.29, 0.717) is 12.0 Å². The smallest absolute Gasteiger partial charge is 0.270 e. The summed E-state index contributed by atoms with van der Waals surface area (Å²) in [5.41, 5.74) is 0.533. The van der Waals surface area contributed by atoms with Gasteiger partial charge in [-0.2, -0.15) is 5.10 Å². The molecular formula is C19H22FN3O4S. The highest BCUT2D eigenvalue weighted by atomic mass is 32.2. The molecule has 0 radical (unpaired) electrons. The molecule has 1 saturated heterocycles. The van der Waals surface area contributed by atoms with Gasteiger partial charge in [0.1, 0.15) is 11.5 Å². The number of halogens is 1. The second-order valence-electron chi connectivity index (χ2n) is 6.91. The highest BCUT2D eigenvalue weighted by Gasteiger charge is 2.37. The number of sulfone groups is 1.